The Kier molecular flexibility index (Phi) is 3.51. The number of benzene rings is 2. The number of rotatable bonds is 3. The topological polar surface area (TPSA) is 38.9 Å². The van der Waals surface area contributed by atoms with E-state index in [1.165, 1.54) is 4.70 Å². The van der Waals surface area contributed by atoms with E-state index in [-0.39, 0.29) is 6.04 Å². The molecule has 1 aromatic heterocycles. The van der Waals surface area contributed by atoms with E-state index in [4.69, 9.17) is 12.2 Å². The fraction of sp³-hybridized carbons (Fsp3) is 0.118. The summed E-state index contributed by atoms with van der Waals surface area (Å²) in [4.78, 5) is 4.60. The first-order valence-electron chi connectivity index (χ1n) is 6.43. The Bertz CT molecular complexity index is 750. The Morgan fingerprint density at radius 2 is 2.05 bits per heavy atom. The first-order valence-corrected chi connectivity index (χ1v) is 7.24. The zero-order valence-electron chi connectivity index (χ0n) is 10.9. The molecule has 0 aliphatic heterocycles. The van der Waals surface area contributed by atoms with Gasteiger partial charge in [-0.1, -0.05) is 30.2 Å². The van der Waals surface area contributed by atoms with Crippen LogP contribution in [0.15, 0.2) is 48.5 Å². The highest BCUT2D eigenvalue weighted by Crippen LogP contribution is 2.27. The van der Waals surface area contributed by atoms with Crippen LogP contribution in [-0.2, 0) is 6.42 Å². The molecular weight excluding hydrogens is 264 g/mol. The van der Waals surface area contributed by atoms with Gasteiger partial charge in [-0.2, -0.15) is 0 Å². The number of thiazole rings is 1. The number of hydrogen-bond acceptors (Lipinski definition) is 3. The van der Waals surface area contributed by atoms with Gasteiger partial charge < -0.3 is 5.73 Å². The van der Waals surface area contributed by atoms with E-state index >= 15 is 0 Å². The molecule has 3 heteroatoms. The molecule has 3 aromatic rings. The minimum Gasteiger partial charge on any atom is -0.322 e. The second-order valence-corrected chi connectivity index (χ2v) is 5.74. The van der Waals surface area contributed by atoms with Crippen molar-refractivity contribution in [2.45, 2.75) is 12.5 Å². The molecule has 1 atom stereocenters. The first-order chi connectivity index (χ1) is 9.76. The highest BCUT2D eigenvalue weighted by molar-refractivity contribution is 7.18. The van der Waals surface area contributed by atoms with Gasteiger partial charge in [0.05, 0.1) is 16.3 Å². The predicted molar refractivity (Wildman–Crippen MR) is 84.6 cm³/mol. The number of nitrogens with zero attached hydrogens (tertiary/aromatic N) is 1. The average Bonchev–Trinajstić information content (AvgIpc) is 2.91. The molecule has 3 rings (SSSR count). The van der Waals surface area contributed by atoms with Gasteiger partial charge in [0, 0.05) is 5.56 Å². The van der Waals surface area contributed by atoms with Gasteiger partial charge in [0.2, 0.25) is 0 Å². The third kappa shape index (κ3) is 2.57. The lowest BCUT2D eigenvalue weighted by atomic mass is 10.0. The molecule has 0 spiro atoms. The minimum absolute atomic E-state index is 0.0968. The highest BCUT2D eigenvalue weighted by Gasteiger charge is 2.12. The van der Waals surface area contributed by atoms with Crippen LogP contribution < -0.4 is 5.73 Å². The SMILES string of the molecule is C#Cc1cccc(CC(N)c2nc3ccccc3s2)c1. The standard InChI is InChI=1S/C17H14N2S/c1-2-12-6-5-7-13(10-12)11-14(18)17-19-15-8-3-4-9-16(15)20-17/h1,3-10,14H,11,18H2. The molecule has 0 saturated carbocycles. The fourth-order valence-electron chi connectivity index (χ4n) is 2.18. The van der Waals surface area contributed by atoms with Crippen molar-refractivity contribution in [1.29, 1.82) is 0 Å². The molecule has 20 heavy (non-hydrogen) atoms. The van der Waals surface area contributed by atoms with Crippen LogP contribution in [0.5, 0.6) is 0 Å². The van der Waals surface area contributed by atoms with Gasteiger partial charge in [0.25, 0.3) is 0 Å². The molecule has 2 aromatic carbocycles. The van der Waals surface area contributed by atoms with E-state index in [9.17, 15) is 0 Å². The molecule has 0 radical (unpaired) electrons. The van der Waals surface area contributed by atoms with Crippen LogP contribution in [0.3, 0.4) is 0 Å². The summed E-state index contributed by atoms with van der Waals surface area (Å²) in [7, 11) is 0. The molecule has 1 unspecified atom stereocenters. The Balaban J connectivity index is 1.85. The van der Waals surface area contributed by atoms with Gasteiger partial charge in [-0.05, 0) is 36.2 Å². The average molecular weight is 278 g/mol. The maximum Gasteiger partial charge on any atom is 0.111 e. The second kappa shape index (κ2) is 5.46. The lowest BCUT2D eigenvalue weighted by Gasteiger charge is -2.08. The van der Waals surface area contributed by atoms with E-state index in [1.807, 2.05) is 42.5 Å². The Hall–Kier alpha value is -2.15. The number of para-hydroxylation sites is 1. The van der Waals surface area contributed by atoms with Crippen molar-refractivity contribution in [3.05, 3.63) is 64.7 Å². The molecule has 0 aliphatic rings. The van der Waals surface area contributed by atoms with Crippen molar-refractivity contribution in [1.82, 2.24) is 4.98 Å². The molecule has 0 bridgehead atoms. The summed E-state index contributed by atoms with van der Waals surface area (Å²) in [6.07, 6.45) is 6.17. The molecule has 0 fully saturated rings. The smallest absolute Gasteiger partial charge is 0.111 e. The number of aromatic nitrogens is 1. The Labute approximate surface area is 122 Å². The quantitative estimate of drug-likeness (QED) is 0.744. The Morgan fingerprint density at radius 3 is 2.85 bits per heavy atom. The maximum atomic E-state index is 6.28. The van der Waals surface area contributed by atoms with E-state index in [0.29, 0.717) is 0 Å². The monoisotopic (exact) mass is 278 g/mol. The lowest BCUT2D eigenvalue weighted by molar-refractivity contribution is 0.717. The van der Waals surface area contributed by atoms with Gasteiger partial charge in [0.1, 0.15) is 5.01 Å². The predicted octanol–water partition coefficient (Wildman–Crippen LogP) is 3.52. The first kappa shape index (κ1) is 12.9. The summed E-state index contributed by atoms with van der Waals surface area (Å²) >= 11 is 1.66. The number of nitrogens with two attached hydrogens (primary N) is 1. The van der Waals surface area contributed by atoms with Crippen LogP contribution in [0.25, 0.3) is 10.2 Å². The largest absolute Gasteiger partial charge is 0.322 e. The summed E-state index contributed by atoms with van der Waals surface area (Å²) in [6, 6.07) is 16.0. The van der Waals surface area contributed by atoms with Crippen molar-refractivity contribution < 1.29 is 0 Å². The van der Waals surface area contributed by atoms with Crippen LogP contribution in [0.2, 0.25) is 0 Å². The van der Waals surface area contributed by atoms with Crippen LogP contribution in [0.4, 0.5) is 0 Å². The van der Waals surface area contributed by atoms with Gasteiger partial charge in [-0.25, -0.2) is 4.98 Å². The van der Waals surface area contributed by atoms with Crippen LogP contribution in [0, 0.1) is 12.3 Å². The van der Waals surface area contributed by atoms with Gasteiger partial charge in [0.15, 0.2) is 0 Å². The van der Waals surface area contributed by atoms with Gasteiger partial charge in [-0.15, -0.1) is 17.8 Å². The molecule has 1 heterocycles. The molecular formula is C17H14N2S. The number of fused-ring (bicyclic) bond motifs is 1. The van der Waals surface area contributed by atoms with Crippen LogP contribution >= 0.6 is 11.3 Å². The van der Waals surface area contributed by atoms with Gasteiger partial charge in [-0.3, -0.25) is 0 Å². The van der Waals surface area contributed by atoms with Crippen molar-refractivity contribution in [2.24, 2.45) is 5.73 Å². The summed E-state index contributed by atoms with van der Waals surface area (Å²) < 4.78 is 1.18. The van der Waals surface area contributed by atoms with E-state index in [2.05, 4.69) is 17.0 Å². The number of terminal acetylenes is 1. The Morgan fingerprint density at radius 1 is 1.20 bits per heavy atom. The molecule has 0 aliphatic carbocycles. The number of hydrogen-bond donors (Lipinski definition) is 1. The molecule has 2 N–H and O–H groups in total. The van der Waals surface area contributed by atoms with Gasteiger partial charge >= 0.3 is 0 Å². The maximum absolute atomic E-state index is 6.28. The summed E-state index contributed by atoms with van der Waals surface area (Å²) in [6.45, 7) is 0. The second-order valence-electron chi connectivity index (χ2n) is 4.68. The van der Waals surface area contributed by atoms with E-state index in [0.717, 1.165) is 28.1 Å². The molecule has 2 nitrogen and oxygen atoms in total. The van der Waals surface area contributed by atoms with Crippen LogP contribution in [0.1, 0.15) is 22.2 Å². The molecule has 0 saturated heterocycles. The van der Waals surface area contributed by atoms with Crippen LogP contribution in [-0.4, -0.2) is 4.98 Å². The summed E-state index contributed by atoms with van der Waals surface area (Å²) in [5, 5.41) is 0.970. The molecule has 0 amide bonds. The van der Waals surface area contributed by atoms with E-state index < -0.39 is 0 Å². The summed E-state index contributed by atoms with van der Waals surface area (Å²) in [5.41, 5.74) is 9.33. The minimum atomic E-state index is -0.0968. The van der Waals surface area contributed by atoms with Crippen molar-refractivity contribution in [2.75, 3.05) is 0 Å². The van der Waals surface area contributed by atoms with Crippen molar-refractivity contribution in [3.63, 3.8) is 0 Å². The fourth-order valence-corrected chi connectivity index (χ4v) is 3.15. The normalized spacial score (nSPS) is 12.2. The summed E-state index contributed by atoms with van der Waals surface area (Å²) in [5.74, 6) is 2.65. The third-order valence-corrected chi connectivity index (χ3v) is 4.35. The lowest BCUT2D eigenvalue weighted by Crippen LogP contribution is -2.13. The van der Waals surface area contributed by atoms with Crippen molar-refractivity contribution in [3.8, 4) is 12.3 Å². The van der Waals surface area contributed by atoms with E-state index in [1.54, 1.807) is 11.3 Å². The highest BCUT2D eigenvalue weighted by atomic mass is 32.1. The zero-order valence-corrected chi connectivity index (χ0v) is 11.7. The third-order valence-electron chi connectivity index (χ3n) is 3.18. The molecule has 98 valence electrons. The van der Waals surface area contributed by atoms with Crippen molar-refractivity contribution >= 4 is 21.6 Å². The zero-order chi connectivity index (χ0) is 13.9.